The first-order chi connectivity index (χ1) is 14.0. The molecule has 29 heavy (non-hydrogen) atoms. The molecule has 1 aromatic heterocycles. The third kappa shape index (κ3) is 4.07. The second kappa shape index (κ2) is 9.01. The fourth-order valence-corrected chi connectivity index (χ4v) is 3.88. The molecule has 1 aromatic carbocycles. The van der Waals surface area contributed by atoms with E-state index in [4.69, 9.17) is 9.83 Å². The number of hydrogen-bond acceptors (Lipinski definition) is 4. The summed E-state index contributed by atoms with van der Waals surface area (Å²) in [4.78, 5) is 10.8. The van der Waals surface area contributed by atoms with Crippen LogP contribution in [0.5, 0.6) is 0 Å². The largest absolute Gasteiger partial charge is 0.424 e. The molecule has 5 nitrogen and oxygen atoms in total. The van der Waals surface area contributed by atoms with Crippen molar-refractivity contribution in [1.82, 2.24) is 9.88 Å². The molecule has 1 atom stereocenters. The van der Waals surface area contributed by atoms with E-state index in [0.29, 0.717) is 17.4 Å². The van der Waals surface area contributed by atoms with Gasteiger partial charge in [0.05, 0.1) is 11.6 Å². The average molecular weight is 395 g/mol. The molecule has 0 fully saturated rings. The lowest BCUT2D eigenvalue weighted by Gasteiger charge is -2.20. The maximum Gasteiger partial charge on any atom is 0.295 e. The molecule has 0 radical (unpaired) electrons. The van der Waals surface area contributed by atoms with Gasteiger partial charge in [-0.2, -0.15) is 0 Å². The minimum absolute atomic E-state index is 0.0357. The molecule has 2 aromatic rings. The molecule has 2 heterocycles. The Labute approximate surface area is 169 Å². The Balaban J connectivity index is 2.15. The van der Waals surface area contributed by atoms with Crippen LogP contribution in [-0.4, -0.2) is 23.9 Å². The van der Waals surface area contributed by atoms with E-state index >= 15 is 0 Å². The molecule has 0 amide bonds. The Kier molecular flexibility index (Phi) is 6.44. The second-order valence-electron chi connectivity index (χ2n) is 7.05. The van der Waals surface area contributed by atoms with E-state index in [1.807, 2.05) is 13.0 Å². The first-order valence-electron chi connectivity index (χ1n) is 9.72. The van der Waals surface area contributed by atoms with E-state index in [2.05, 4.69) is 24.6 Å². The zero-order chi connectivity index (χ0) is 21.0. The summed E-state index contributed by atoms with van der Waals surface area (Å²) < 4.78 is 21.7. The first kappa shape index (κ1) is 20.7. The van der Waals surface area contributed by atoms with Crippen molar-refractivity contribution in [3.63, 3.8) is 0 Å². The average Bonchev–Trinajstić information content (AvgIpc) is 2.87. The molecule has 1 aliphatic rings. The molecule has 6 heteroatoms. The van der Waals surface area contributed by atoms with Gasteiger partial charge in [0.1, 0.15) is 12.1 Å². The lowest BCUT2D eigenvalue weighted by molar-refractivity contribution is -0.107. The fraction of sp³-hybridized carbons (Fsp3) is 0.304. The minimum atomic E-state index is -0.489. The molecule has 3 rings (SSSR count). The normalized spacial score (nSPS) is 16.6. The number of nitrogens with one attached hydrogen (secondary N) is 2. The maximum atomic E-state index is 14.5. The first-order valence-corrected chi connectivity index (χ1v) is 9.72. The van der Waals surface area contributed by atoms with E-state index < -0.39 is 5.82 Å². The van der Waals surface area contributed by atoms with Crippen molar-refractivity contribution in [3.05, 3.63) is 77.3 Å². The Morgan fingerprint density at radius 2 is 2.21 bits per heavy atom. The van der Waals surface area contributed by atoms with Crippen molar-refractivity contribution >= 4 is 17.4 Å². The van der Waals surface area contributed by atoms with E-state index in [1.54, 1.807) is 10.6 Å². The number of oxazole rings is 1. The number of hydrogen-bond donors (Lipinski definition) is 2. The summed E-state index contributed by atoms with van der Waals surface area (Å²) in [6, 6.07) is 2.50. The summed E-state index contributed by atoms with van der Waals surface area (Å²) in [5, 5.41) is 11.7. The third-order valence-electron chi connectivity index (χ3n) is 5.33. The molecule has 1 aliphatic heterocycles. The van der Waals surface area contributed by atoms with Crippen LogP contribution < -0.4 is 11.0 Å². The Morgan fingerprint density at radius 1 is 1.41 bits per heavy atom. The summed E-state index contributed by atoms with van der Waals surface area (Å²) >= 11 is 0. The Morgan fingerprint density at radius 3 is 2.90 bits per heavy atom. The molecule has 2 N–H and O–H groups in total. The summed E-state index contributed by atoms with van der Waals surface area (Å²) in [5.41, 5.74) is 4.07. The van der Waals surface area contributed by atoms with Crippen molar-refractivity contribution in [2.75, 3.05) is 13.1 Å². The highest BCUT2D eigenvalue weighted by Crippen LogP contribution is 2.31. The lowest BCUT2D eigenvalue weighted by atomic mass is 9.92. The minimum Gasteiger partial charge on any atom is -0.424 e. The smallest absolute Gasteiger partial charge is 0.295 e. The number of carbonyl (C=O) groups excluding carboxylic acids is 1. The summed E-state index contributed by atoms with van der Waals surface area (Å²) in [6.07, 6.45) is 8.31. The number of allylic oxidation sites excluding steroid dienone is 5. The van der Waals surface area contributed by atoms with Gasteiger partial charge >= 0.3 is 0 Å². The van der Waals surface area contributed by atoms with E-state index in [1.165, 1.54) is 17.7 Å². The molecule has 0 bridgehead atoms. The van der Waals surface area contributed by atoms with Gasteiger partial charge in [-0.3, -0.25) is 9.98 Å². The molecule has 1 unspecified atom stereocenters. The van der Waals surface area contributed by atoms with Gasteiger partial charge in [-0.25, -0.2) is 4.39 Å². The number of aldehydes is 1. The van der Waals surface area contributed by atoms with Crippen molar-refractivity contribution < 1.29 is 13.6 Å². The van der Waals surface area contributed by atoms with E-state index in [-0.39, 0.29) is 23.7 Å². The van der Waals surface area contributed by atoms with Crippen molar-refractivity contribution in [3.8, 4) is 0 Å². The second-order valence-corrected chi connectivity index (χ2v) is 7.05. The number of rotatable bonds is 7. The predicted octanol–water partition coefficient (Wildman–Crippen LogP) is 4.13. The van der Waals surface area contributed by atoms with Crippen LogP contribution in [0.1, 0.15) is 31.4 Å². The summed E-state index contributed by atoms with van der Waals surface area (Å²) in [5.74, 6) is -0.489. The van der Waals surface area contributed by atoms with Crippen LogP contribution in [0, 0.1) is 11.2 Å². The number of carbonyl (C=O) groups is 1. The number of aromatic nitrogens is 1. The number of fused-ring (bicyclic) bond motifs is 1. The van der Waals surface area contributed by atoms with Gasteiger partial charge < -0.3 is 14.5 Å². The van der Waals surface area contributed by atoms with Crippen LogP contribution in [0.4, 0.5) is 4.39 Å². The molecule has 0 saturated heterocycles. The van der Waals surface area contributed by atoms with Crippen LogP contribution in [0.15, 0.2) is 64.7 Å². The summed E-state index contributed by atoms with van der Waals surface area (Å²) in [7, 11) is 0. The quantitative estimate of drug-likeness (QED) is 0.547. The van der Waals surface area contributed by atoms with Gasteiger partial charge in [0, 0.05) is 19.0 Å². The van der Waals surface area contributed by atoms with Gasteiger partial charge in [0.2, 0.25) is 0 Å². The number of benzene rings is 1. The number of halogens is 1. The zero-order valence-corrected chi connectivity index (χ0v) is 16.6. The van der Waals surface area contributed by atoms with Gasteiger partial charge in [0.25, 0.3) is 5.68 Å². The molecule has 0 aliphatic carbocycles. The highest BCUT2D eigenvalue weighted by molar-refractivity contribution is 5.75. The zero-order valence-electron chi connectivity index (χ0n) is 16.6. The van der Waals surface area contributed by atoms with Crippen LogP contribution >= 0.6 is 0 Å². The van der Waals surface area contributed by atoms with E-state index in [9.17, 15) is 9.18 Å². The Bertz CT molecular complexity index is 1070. The van der Waals surface area contributed by atoms with Crippen LogP contribution in [0.25, 0.3) is 11.1 Å². The molecular formula is C23H26FN3O2. The van der Waals surface area contributed by atoms with Gasteiger partial charge in [0.15, 0.2) is 5.58 Å². The van der Waals surface area contributed by atoms with Gasteiger partial charge in [-0.05, 0) is 54.7 Å². The number of nitrogens with zero attached hydrogens (tertiary/aromatic N) is 1. The van der Waals surface area contributed by atoms with Gasteiger partial charge in [-0.15, -0.1) is 0 Å². The lowest BCUT2D eigenvalue weighted by Crippen LogP contribution is -2.20. The Hall–Kier alpha value is -2.99. The topological polar surface area (TPSA) is 71.0 Å². The molecule has 0 saturated carbocycles. The highest BCUT2D eigenvalue weighted by atomic mass is 19.1. The van der Waals surface area contributed by atoms with Crippen LogP contribution in [0.2, 0.25) is 0 Å². The summed E-state index contributed by atoms with van der Waals surface area (Å²) in [6.45, 7) is 11.7. The molecule has 0 spiro atoms. The third-order valence-corrected chi connectivity index (χ3v) is 5.33. The molecule has 152 valence electrons. The molecular weight excluding hydrogens is 369 g/mol. The van der Waals surface area contributed by atoms with Crippen LogP contribution in [-0.2, 0) is 11.2 Å². The standard InChI is InChI=1S/C23H26FN3O2/c1-4-18(19(5-2)16-7-6-10-26-11-8-16)15(3)27-21-14-20(24)17(9-12-28)13-22(21)29-23(27)25/h4-5,8,12-15,25-26H,1-2,6-7,9-11H2,3H3. The maximum absolute atomic E-state index is 14.5. The highest BCUT2D eigenvalue weighted by Gasteiger charge is 2.21. The SMILES string of the molecule is C=CC(C1=CCNCCC1)=C(C=C)C(C)n1c(=N)oc2cc(CC=O)c(F)cc21. The fourth-order valence-electron chi connectivity index (χ4n) is 3.88. The monoisotopic (exact) mass is 395 g/mol. The van der Waals surface area contributed by atoms with Gasteiger partial charge in [-0.1, -0.05) is 31.4 Å². The van der Waals surface area contributed by atoms with Crippen molar-refractivity contribution in [2.45, 2.75) is 32.2 Å². The van der Waals surface area contributed by atoms with Crippen LogP contribution in [0.3, 0.4) is 0 Å². The van der Waals surface area contributed by atoms with Crippen molar-refractivity contribution in [1.29, 1.82) is 5.41 Å². The van der Waals surface area contributed by atoms with E-state index in [0.717, 1.165) is 37.1 Å². The predicted molar refractivity (Wildman–Crippen MR) is 112 cm³/mol. The van der Waals surface area contributed by atoms with Crippen molar-refractivity contribution in [2.24, 2.45) is 0 Å².